The summed E-state index contributed by atoms with van der Waals surface area (Å²) in [6.45, 7) is 4.62. The van der Waals surface area contributed by atoms with E-state index < -0.39 is 0 Å². The summed E-state index contributed by atoms with van der Waals surface area (Å²) in [5.74, 6) is 0.745. The maximum Gasteiger partial charge on any atom is 0.163 e. The van der Waals surface area contributed by atoms with Gasteiger partial charge in [-0.05, 0) is 55.7 Å². The molecule has 0 radical (unpaired) electrons. The minimum atomic E-state index is -0.267. The number of Topliss-reactive ketones (excluding diaryl/α,β-unsaturated/α-hetero) is 1. The molecule has 0 saturated heterocycles. The predicted molar refractivity (Wildman–Crippen MR) is 149 cm³/mol. The Kier molecular flexibility index (Phi) is 8.46. The molecule has 3 aromatic carbocycles. The molecule has 7 heteroatoms. The molecule has 2 heterocycles. The first-order valence-corrected chi connectivity index (χ1v) is 11.3. The van der Waals surface area contributed by atoms with E-state index in [0.29, 0.717) is 13.0 Å². The van der Waals surface area contributed by atoms with E-state index in [-0.39, 0.29) is 50.4 Å². The van der Waals surface area contributed by atoms with Gasteiger partial charge in [0.25, 0.3) is 0 Å². The first-order chi connectivity index (χ1) is 16.0. The van der Waals surface area contributed by atoms with Gasteiger partial charge in [-0.15, -0.1) is 0 Å². The van der Waals surface area contributed by atoms with Crippen LogP contribution in [0, 0.1) is 25.6 Å². The third-order valence-electron chi connectivity index (χ3n) is 6.44. The second kappa shape index (κ2) is 11.1. The van der Waals surface area contributed by atoms with Gasteiger partial charge in [-0.2, -0.15) is 32.1 Å². The number of para-hydroxylation sites is 1. The lowest BCUT2D eigenvalue weighted by Crippen LogP contribution is -2.31. The minimum Gasteiger partial charge on any atom is -0.369 e. The number of carbonyl (C=O) groups excluding carboxylic acids is 1. The molecule has 182 valence electrons. The van der Waals surface area contributed by atoms with E-state index in [2.05, 4.69) is 5.32 Å². The Morgan fingerprint density at radius 2 is 1.71 bits per heavy atom. The van der Waals surface area contributed by atoms with Crippen LogP contribution in [0.1, 0.15) is 45.1 Å². The lowest BCUT2D eigenvalue weighted by atomic mass is 9.75. The molecule has 1 aromatic heterocycles. The predicted octanol–water partition coefficient (Wildman–Crippen LogP) is 6.30. The molecule has 0 spiro atoms. The third-order valence-corrected chi connectivity index (χ3v) is 6.44. The van der Waals surface area contributed by atoms with Crippen LogP contribution in [0.4, 0.5) is 10.2 Å². The summed E-state index contributed by atoms with van der Waals surface area (Å²) in [7, 11) is 0. The zero-order valence-electron chi connectivity index (χ0n) is 19.8. The fraction of sp³-hybridized carbons (Fsp3) is 0.214. The summed E-state index contributed by atoms with van der Waals surface area (Å²) in [5, 5.41) is 8.39. The van der Waals surface area contributed by atoms with Gasteiger partial charge in [-0.3, -0.25) is 4.79 Å². The van der Waals surface area contributed by atoms with Crippen LogP contribution in [-0.4, -0.2) is 22.1 Å². The zero-order valence-corrected chi connectivity index (χ0v) is 21.8. The van der Waals surface area contributed by atoms with Gasteiger partial charge in [0.05, 0.1) is 11.4 Å². The van der Waals surface area contributed by atoms with E-state index in [9.17, 15) is 9.18 Å². The minimum absolute atomic E-state index is 0. The van der Waals surface area contributed by atoms with Crippen molar-refractivity contribution in [3.63, 3.8) is 0 Å². The van der Waals surface area contributed by atoms with Crippen LogP contribution < -0.4 is 5.32 Å². The maximum atomic E-state index is 13.7. The van der Waals surface area contributed by atoms with Crippen LogP contribution in [0.3, 0.4) is 0 Å². The van der Waals surface area contributed by atoms with Crippen molar-refractivity contribution in [3.05, 3.63) is 113 Å². The summed E-state index contributed by atoms with van der Waals surface area (Å²) in [6.07, 6.45) is 0.397. The Hall–Kier alpha value is -3.03. The molecule has 4 aromatic rings. The number of benzene rings is 3. The molecule has 0 saturated carbocycles. The topological polar surface area (TPSA) is 46.9 Å². The average Bonchev–Trinajstić information content (AvgIpc) is 3.17. The second-order valence-electron chi connectivity index (χ2n) is 8.76. The number of nitrogens with one attached hydrogen (secondary N) is 1. The smallest absolute Gasteiger partial charge is 0.163 e. The highest BCUT2D eigenvalue weighted by Gasteiger charge is 2.36. The Balaban J connectivity index is 0.00000171. The molecule has 0 bridgehead atoms. The van der Waals surface area contributed by atoms with Crippen LogP contribution >= 0.6 is 27.0 Å². The number of aryl methyl sites for hydroxylation is 2. The number of carbonyl (C=O) groups is 1. The van der Waals surface area contributed by atoms with Gasteiger partial charge in [0.2, 0.25) is 0 Å². The number of rotatable bonds is 5. The van der Waals surface area contributed by atoms with Crippen LogP contribution in [-0.2, 0) is 0 Å². The summed E-state index contributed by atoms with van der Waals surface area (Å²) < 4.78 is 15.7. The molecule has 2 atom stereocenters. The van der Waals surface area contributed by atoms with E-state index in [1.165, 1.54) is 12.1 Å². The van der Waals surface area contributed by atoms with Gasteiger partial charge >= 0.3 is 0 Å². The molecule has 1 N–H and O–H groups in total. The standard InChI is InChI=1S/C28H26FN3O.2H2S/c1-18-7-6-8-21(15-18)25(33)16-22-17-30-28-26(27(22)20-11-13-23(29)14-12-20)19(2)31-32(28)24-9-4-3-5-10-24;;/h3-15,22,27,30H,16-17H2,1-2H3;2*1H2/t22-,27-;;/m1../s1. The van der Waals surface area contributed by atoms with Crippen molar-refractivity contribution in [2.24, 2.45) is 5.92 Å². The monoisotopic (exact) mass is 507 g/mol. The van der Waals surface area contributed by atoms with Gasteiger partial charge in [0, 0.05) is 30.0 Å². The summed E-state index contributed by atoms with van der Waals surface area (Å²) in [6, 6.07) is 24.4. The highest BCUT2D eigenvalue weighted by atomic mass is 32.1. The van der Waals surface area contributed by atoms with E-state index >= 15 is 0 Å². The second-order valence-corrected chi connectivity index (χ2v) is 8.76. The van der Waals surface area contributed by atoms with E-state index in [1.54, 1.807) is 0 Å². The number of fused-ring (bicyclic) bond motifs is 1. The Labute approximate surface area is 219 Å². The van der Waals surface area contributed by atoms with Crippen LogP contribution in [0.5, 0.6) is 0 Å². The van der Waals surface area contributed by atoms with Gasteiger partial charge < -0.3 is 5.32 Å². The molecule has 35 heavy (non-hydrogen) atoms. The Bertz CT molecular complexity index is 1310. The molecule has 4 nitrogen and oxygen atoms in total. The van der Waals surface area contributed by atoms with Crippen LogP contribution in [0.2, 0.25) is 0 Å². The third kappa shape index (κ3) is 5.31. The number of aromatic nitrogens is 2. The van der Waals surface area contributed by atoms with Crippen molar-refractivity contribution in [2.75, 3.05) is 11.9 Å². The summed E-state index contributed by atoms with van der Waals surface area (Å²) in [4.78, 5) is 13.2. The van der Waals surface area contributed by atoms with Crippen molar-refractivity contribution in [2.45, 2.75) is 26.2 Å². The summed E-state index contributed by atoms with van der Waals surface area (Å²) >= 11 is 0. The van der Waals surface area contributed by atoms with E-state index in [0.717, 1.165) is 39.5 Å². The van der Waals surface area contributed by atoms with Crippen molar-refractivity contribution >= 4 is 38.6 Å². The molecule has 0 fully saturated rings. The molecular weight excluding hydrogens is 477 g/mol. The van der Waals surface area contributed by atoms with Crippen LogP contribution in [0.15, 0.2) is 78.9 Å². The lowest BCUT2D eigenvalue weighted by molar-refractivity contribution is 0.0958. The fourth-order valence-electron chi connectivity index (χ4n) is 4.89. The number of nitrogens with zero attached hydrogens (tertiary/aromatic N) is 2. The van der Waals surface area contributed by atoms with Crippen molar-refractivity contribution in [1.82, 2.24) is 9.78 Å². The first kappa shape index (κ1) is 26.6. The number of halogens is 1. The fourth-order valence-corrected chi connectivity index (χ4v) is 4.89. The van der Waals surface area contributed by atoms with Gasteiger partial charge in [0.15, 0.2) is 5.78 Å². The zero-order chi connectivity index (χ0) is 22.9. The van der Waals surface area contributed by atoms with Crippen molar-refractivity contribution < 1.29 is 9.18 Å². The van der Waals surface area contributed by atoms with Crippen molar-refractivity contribution in [3.8, 4) is 5.69 Å². The Morgan fingerprint density at radius 1 is 1.00 bits per heavy atom. The average molecular weight is 508 g/mol. The first-order valence-electron chi connectivity index (χ1n) is 11.3. The van der Waals surface area contributed by atoms with Gasteiger partial charge in [-0.1, -0.05) is 54.1 Å². The largest absolute Gasteiger partial charge is 0.369 e. The van der Waals surface area contributed by atoms with E-state index in [4.69, 9.17) is 5.10 Å². The lowest BCUT2D eigenvalue weighted by Gasteiger charge is -2.33. The molecule has 1 aliphatic heterocycles. The van der Waals surface area contributed by atoms with Gasteiger partial charge in [0.1, 0.15) is 11.6 Å². The number of anilines is 1. The number of ketones is 1. The number of hydrogen-bond donors (Lipinski definition) is 1. The molecule has 0 aliphatic carbocycles. The van der Waals surface area contributed by atoms with Crippen LogP contribution in [0.25, 0.3) is 5.69 Å². The molecule has 0 unspecified atom stereocenters. The summed E-state index contributed by atoms with van der Waals surface area (Å²) in [5.41, 5.74) is 5.75. The van der Waals surface area contributed by atoms with Gasteiger partial charge in [-0.25, -0.2) is 9.07 Å². The normalized spacial score (nSPS) is 16.3. The van der Waals surface area contributed by atoms with E-state index in [1.807, 2.05) is 85.3 Å². The SMILES string of the molecule is Cc1cccc(C(=O)C[C@@H]2CNc3c(c(C)nn3-c3ccccc3)[C@@H]2c2ccc(F)cc2)c1.S.S. The Morgan fingerprint density at radius 3 is 2.40 bits per heavy atom. The molecular formula is C28H30FN3OS2. The van der Waals surface area contributed by atoms with Crippen molar-refractivity contribution in [1.29, 1.82) is 0 Å². The highest BCUT2D eigenvalue weighted by molar-refractivity contribution is 7.59. The maximum absolute atomic E-state index is 13.7. The number of hydrogen-bond acceptors (Lipinski definition) is 3. The quantitative estimate of drug-likeness (QED) is 0.323. The molecule has 1 aliphatic rings. The highest BCUT2D eigenvalue weighted by Crippen LogP contribution is 2.44. The molecule has 0 amide bonds. The molecule has 5 rings (SSSR count).